The average Bonchev–Trinajstić information content (AvgIpc) is 2.30. The second-order valence-electron chi connectivity index (χ2n) is 4.00. The molecular formula is C14H20NO. The molecule has 0 aromatic heterocycles. The van der Waals surface area contributed by atoms with Crippen LogP contribution in [0.25, 0.3) is 0 Å². The Morgan fingerprint density at radius 1 is 1.19 bits per heavy atom. The van der Waals surface area contributed by atoms with Gasteiger partial charge in [-0.25, -0.2) is 0 Å². The van der Waals surface area contributed by atoms with Gasteiger partial charge in [0.2, 0.25) is 5.91 Å². The van der Waals surface area contributed by atoms with Crippen molar-refractivity contribution in [3.05, 3.63) is 30.3 Å². The maximum Gasteiger partial charge on any atom is 0.224 e. The van der Waals surface area contributed by atoms with Gasteiger partial charge in [-0.15, -0.1) is 0 Å². The highest BCUT2D eigenvalue weighted by molar-refractivity contribution is 5.90. The third-order valence-electron chi connectivity index (χ3n) is 2.51. The Bertz CT molecular complexity index is 295. The fourth-order valence-corrected chi connectivity index (χ4v) is 1.58. The molecule has 0 atom stereocenters. The number of benzene rings is 1. The summed E-state index contributed by atoms with van der Waals surface area (Å²) in [6.45, 7) is 2.19. The van der Waals surface area contributed by atoms with Crippen LogP contribution in [0.15, 0.2) is 24.3 Å². The summed E-state index contributed by atoms with van der Waals surface area (Å²) in [4.78, 5) is 11.5. The molecule has 0 saturated heterocycles. The molecule has 0 aliphatic carbocycles. The summed E-state index contributed by atoms with van der Waals surface area (Å²) in [5.41, 5.74) is 0.859. The van der Waals surface area contributed by atoms with Crippen LogP contribution in [-0.4, -0.2) is 5.91 Å². The van der Waals surface area contributed by atoms with E-state index in [4.69, 9.17) is 0 Å². The zero-order valence-electron chi connectivity index (χ0n) is 9.96. The monoisotopic (exact) mass is 218 g/mol. The van der Waals surface area contributed by atoms with Gasteiger partial charge < -0.3 is 5.32 Å². The van der Waals surface area contributed by atoms with E-state index in [9.17, 15) is 4.79 Å². The van der Waals surface area contributed by atoms with Crippen molar-refractivity contribution in [2.45, 2.75) is 45.4 Å². The van der Waals surface area contributed by atoms with Crippen LogP contribution in [0.5, 0.6) is 0 Å². The number of unbranched alkanes of at least 4 members (excludes halogenated alkanes) is 4. The van der Waals surface area contributed by atoms with Crippen molar-refractivity contribution in [3.63, 3.8) is 0 Å². The Hall–Kier alpha value is -1.31. The van der Waals surface area contributed by atoms with Gasteiger partial charge in [-0.3, -0.25) is 4.79 Å². The molecule has 0 unspecified atom stereocenters. The van der Waals surface area contributed by atoms with Crippen molar-refractivity contribution in [3.8, 4) is 0 Å². The molecule has 0 saturated carbocycles. The topological polar surface area (TPSA) is 29.1 Å². The fraction of sp³-hybridized carbons (Fsp3) is 0.500. The number of anilines is 1. The number of rotatable bonds is 7. The lowest BCUT2D eigenvalue weighted by Gasteiger charge is -2.04. The largest absolute Gasteiger partial charge is 0.326 e. The standard InChI is InChI=1S/C14H20NO/c1-2-3-4-5-9-12-14(16)15-13-10-7-6-8-11-13/h7-8,10-11H,2-5,9,12H2,1H3,(H,15,16). The summed E-state index contributed by atoms with van der Waals surface area (Å²) in [6, 6.07) is 10.2. The normalized spacial score (nSPS) is 10.1. The number of hydrogen-bond donors (Lipinski definition) is 1. The van der Waals surface area contributed by atoms with Crippen LogP contribution in [0.1, 0.15) is 45.4 Å². The first kappa shape index (κ1) is 12.8. The van der Waals surface area contributed by atoms with Crippen molar-refractivity contribution < 1.29 is 4.79 Å². The molecule has 16 heavy (non-hydrogen) atoms. The Morgan fingerprint density at radius 2 is 1.88 bits per heavy atom. The number of nitrogens with one attached hydrogen (secondary N) is 1. The van der Waals surface area contributed by atoms with E-state index in [-0.39, 0.29) is 5.91 Å². The molecule has 87 valence electrons. The molecule has 0 bridgehead atoms. The van der Waals surface area contributed by atoms with E-state index in [1.165, 1.54) is 19.3 Å². The Balaban J connectivity index is 2.12. The number of amides is 1. The maximum absolute atomic E-state index is 11.5. The van der Waals surface area contributed by atoms with Crippen LogP contribution >= 0.6 is 0 Å². The van der Waals surface area contributed by atoms with Gasteiger partial charge in [-0.1, -0.05) is 44.7 Å². The molecule has 1 radical (unpaired) electrons. The van der Waals surface area contributed by atoms with Crippen molar-refractivity contribution >= 4 is 11.6 Å². The van der Waals surface area contributed by atoms with Gasteiger partial charge in [0.05, 0.1) is 0 Å². The summed E-state index contributed by atoms with van der Waals surface area (Å²) in [5.74, 6) is 0.114. The summed E-state index contributed by atoms with van der Waals surface area (Å²) in [5, 5.41) is 2.87. The van der Waals surface area contributed by atoms with Crippen LogP contribution in [0.2, 0.25) is 0 Å². The van der Waals surface area contributed by atoms with Crippen molar-refractivity contribution in [1.82, 2.24) is 0 Å². The highest BCUT2D eigenvalue weighted by Crippen LogP contribution is 2.08. The molecule has 0 spiro atoms. The van der Waals surface area contributed by atoms with Crippen molar-refractivity contribution in [2.24, 2.45) is 0 Å². The van der Waals surface area contributed by atoms with Crippen LogP contribution in [0.3, 0.4) is 0 Å². The van der Waals surface area contributed by atoms with E-state index >= 15 is 0 Å². The predicted octanol–water partition coefficient (Wildman–Crippen LogP) is 3.79. The van der Waals surface area contributed by atoms with E-state index in [2.05, 4.69) is 18.3 Å². The number of hydrogen-bond acceptors (Lipinski definition) is 1. The lowest BCUT2D eigenvalue weighted by atomic mass is 10.1. The van der Waals surface area contributed by atoms with E-state index in [1.807, 2.05) is 12.1 Å². The molecule has 0 aliphatic rings. The highest BCUT2D eigenvalue weighted by atomic mass is 16.1. The van der Waals surface area contributed by atoms with Gasteiger partial charge in [-0.05, 0) is 24.6 Å². The van der Waals surface area contributed by atoms with E-state index in [1.54, 1.807) is 12.1 Å². The Labute approximate surface area is 98.1 Å². The van der Waals surface area contributed by atoms with Crippen molar-refractivity contribution in [1.29, 1.82) is 0 Å². The van der Waals surface area contributed by atoms with Crippen LogP contribution in [0, 0.1) is 6.07 Å². The first-order chi connectivity index (χ1) is 7.83. The smallest absolute Gasteiger partial charge is 0.224 e. The first-order valence-corrected chi connectivity index (χ1v) is 6.09. The zero-order chi connectivity index (χ0) is 11.6. The third kappa shape index (κ3) is 5.54. The van der Waals surface area contributed by atoms with Gasteiger partial charge in [-0.2, -0.15) is 0 Å². The number of carbonyl (C=O) groups excluding carboxylic acids is 1. The molecule has 1 aromatic carbocycles. The fourth-order valence-electron chi connectivity index (χ4n) is 1.58. The summed E-state index contributed by atoms with van der Waals surface area (Å²) in [6.07, 6.45) is 6.53. The Kier molecular flexibility index (Phi) is 6.31. The van der Waals surface area contributed by atoms with Crippen LogP contribution < -0.4 is 5.32 Å². The van der Waals surface area contributed by atoms with Gasteiger partial charge in [0.15, 0.2) is 0 Å². The average molecular weight is 218 g/mol. The lowest BCUT2D eigenvalue weighted by Crippen LogP contribution is -2.10. The molecule has 1 aromatic rings. The molecule has 0 heterocycles. The minimum absolute atomic E-state index is 0.114. The van der Waals surface area contributed by atoms with Gasteiger partial charge >= 0.3 is 0 Å². The van der Waals surface area contributed by atoms with Crippen LogP contribution in [0.4, 0.5) is 5.69 Å². The molecule has 1 amide bonds. The van der Waals surface area contributed by atoms with Crippen LogP contribution in [-0.2, 0) is 4.79 Å². The first-order valence-electron chi connectivity index (χ1n) is 6.09. The van der Waals surface area contributed by atoms with E-state index in [0.29, 0.717) is 6.42 Å². The minimum Gasteiger partial charge on any atom is -0.326 e. The zero-order valence-corrected chi connectivity index (χ0v) is 9.96. The summed E-state index contributed by atoms with van der Waals surface area (Å²) in [7, 11) is 0. The molecular weight excluding hydrogens is 198 g/mol. The molecule has 2 nitrogen and oxygen atoms in total. The van der Waals surface area contributed by atoms with Gasteiger partial charge in [0.1, 0.15) is 0 Å². The molecule has 2 heteroatoms. The predicted molar refractivity (Wildman–Crippen MR) is 67.3 cm³/mol. The molecule has 1 N–H and O–H groups in total. The van der Waals surface area contributed by atoms with E-state index < -0.39 is 0 Å². The van der Waals surface area contributed by atoms with Gasteiger partial charge in [0.25, 0.3) is 0 Å². The second kappa shape index (κ2) is 7.91. The summed E-state index contributed by atoms with van der Waals surface area (Å²) >= 11 is 0. The number of carbonyl (C=O) groups is 1. The van der Waals surface area contributed by atoms with E-state index in [0.717, 1.165) is 18.5 Å². The third-order valence-corrected chi connectivity index (χ3v) is 2.51. The quantitative estimate of drug-likeness (QED) is 0.693. The molecule has 0 aliphatic heterocycles. The highest BCUT2D eigenvalue weighted by Gasteiger charge is 2.01. The molecule has 1 rings (SSSR count). The van der Waals surface area contributed by atoms with Crippen molar-refractivity contribution in [2.75, 3.05) is 5.32 Å². The second-order valence-corrected chi connectivity index (χ2v) is 4.00. The maximum atomic E-state index is 11.5. The lowest BCUT2D eigenvalue weighted by molar-refractivity contribution is -0.116. The summed E-state index contributed by atoms with van der Waals surface area (Å²) < 4.78 is 0. The van der Waals surface area contributed by atoms with Gasteiger partial charge in [0, 0.05) is 12.1 Å². The minimum atomic E-state index is 0.114. The molecule has 0 fully saturated rings. The SMILES string of the molecule is CCCCCCCC(=O)Nc1cc[c]cc1. The Morgan fingerprint density at radius 3 is 2.56 bits per heavy atom.